The molecule has 0 radical (unpaired) electrons. The molecule has 0 atom stereocenters. The van der Waals surface area contributed by atoms with Crippen LogP contribution < -0.4 is 9.62 Å². The van der Waals surface area contributed by atoms with E-state index in [0.717, 1.165) is 18.6 Å². The first kappa shape index (κ1) is 23.2. The van der Waals surface area contributed by atoms with E-state index in [9.17, 15) is 22.9 Å². The predicted octanol–water partition coefficient (Wildman–Crippen LogP) is 3.25. The van der Waals surface area contributed by atoms with E-state index in [-0.39, 0.29) is 10.8 Å². The third-order valence-electron chi connectivity index (χ3n) is 5.50. The van der Waals surface area contributed by atoms with E-state index in [2.05, 4.69) is 15.8 Å². The molecule has 4 rings (SSSR count). The third-order valence-corrected chi connectivity index (χ3v) is 6.89. The van der Waals surface area contributed by atoms with Crippen LogP contribution in [0.2, 0.25) is 0 Å². The Morgan fingerprint density at radius 3 is 2.44 bits per heavy atom. The number of pyridine rings is 1. The number of hydrogen-bond donors (Lipinski definition) is 1. The second-order valence-electron chi connectivity index (χ2n) is 7.76. The molecule has 10 heteroatoms. The van der Waals surface area contributed by atoms with Gasteiger partial charge in [0.1, 0.15) is 17.7 Å². The van der Waals surface area contributed by atoms with Crippen LogP contribution in [0.3, 0.4) is 0 Å². The quantitative estimate of drug-likeness (QED) is 0.602. The molecule has 2 heterocycles. The summed E-state index contributed by atoms with van der Waals surface area (Å²) >= 11 is 0. The number of sulfonamides is 1. The van der Waals surface area contributed by atoms with Gasteiger partial charge in [0.05, 0.1) is 10.5 Å². The molecule has 1 N–H and O–H groups in total. The maximum absolute atomic E-state index is 13.1. The molecule has 1 aliphatic rings. The van der Waals surface area contributed by atoms with Gasteiger partial charge in [0.2, 0.25) is 0 Å². The first-order chi connectivity index (χ1) is 16.4. The maximum atomic E-state index is 13.1. The number of nitrogens with one attached hydrogen (secondary N) is 1. The van der Waals surface area contributed by atoms with Crippen molar-refractivity contribution in [2.45, 2.75) is 11.3 Å². The highest BCUT2D eigenvalue weighted by Crippen LogP contribution is 2.20. The molecule has 0 saturated carbocycles. The summed E-state index contributed by atoms with van der Waals surface area (Å²) in [7, 11) is -3.87. The molecule has 0 aliphatic carbocycles. The van der Waals surface area contributed by atoms with Crippen molar-refractivity contribution in [1.29, 1.82) is 5.26 Å². The van der Waals surface area contributed by atoms with Crippen molar-refractivity contribution in [1.82, 2.24) is 9.88 Å². The number of anilines is 2. The van der Waals surface area contributed by atoms with Crippen molar-refractivity contribution in [2.75, 3.05) is 35.8 Å². The summed E-state index contributed by atoms with van der Waals surface area (Å²) in [6.07, 6.45) is 2.37. The highest BCUT2D eigenvalue weighted by Gasteiger charge is 2.22. The Morgan fingerprint density at radius 1 is 1.00 bits per heavy atom. The first-order valence-corrected chi connectivity index (χ1v) is 12.1. The molecule has 8 nitrogen and oxygen atoms in total. The first-order valence-electron chi connectivity index (χ1n) is 10.7. The lowest BCUT2D eigenvalue weighted by Crippen LogP contribution is -2.35. The number of carbonyl (C=O) groups excluding carboxylic acids is 1. The highest BCUT2D eigenvalue weighted by molar-refractivity contribution is 7.92. The number of hydrogen-bond acceptors (Lipinski definition) is 6. The van der Waals surface area contributed by atoms with E-state index in [1.54, 1.807) is 35.4 Å². The number of halogens is 1. The molecule has 1 aromatic heterocycles. The summed E-state index contributed by atoms with van der Waals surface area (Å²) < 4.78 is 40.4. The van der Waals surface area contributed by atoms with Gasteiger partial charge in [-0.2, -0.15) is 5.26 Å². The van der Waals surface area contributed by atoms with Gasteiger partial charge in [-0.1, -0.05) is 0 Å². The van der Waals surface area contributed by atoms with Crippen molar-refractivity contribution >= 4 is 27.4 Å². The van der Waals surface area contributed by atoms with Gasteiger partial charge in [-0.05, 0) is 67.1 Å². The number of amides is 1. The zero-order chi connectivity index (χ0) is 24.1. The van der Waals surface area contributed by atoms with E-state index in [0.29, 0.717) is 48.8 Å². The van der Waals surface area contributed by atoms with Crippen LogP contribution in [0, 0.1) is 17.1 Å². The number of rotatable bonds is 5. The molecule has 0 bridgehead atoms. The van der Waals surface area contributed by atoms with Crippen LogP contribution in [0.15, 0.2) is 71.8 Å². The lowest BCUT2D eigenvalue weighted by Gasteiger charge is -2.23. The zero-order valence-corrected chi connectivity index (χ0v) is 19.0. The molecule has 2 aromatic carbocycles. The number of nitriles is 1. The summed E-state index contributed by atoms with van der Waals surface area (Å²) in [6, 6.07) is 16.3. The summed E-state index contributed by atoms with van der Waals surface area (Å²) in [5.74, 6) is -0.0580. The molecule has 0 spiro atoms. The Morgan fingerprint density at radius 2 is 1.74 bits per heavy atom. The van der Waals surface area contributed by atoms with E-state index in [1.165, 1.54) is 24.3 Å². The van der Waals surface area contributed by atoms with E-state index >= 15 is 0 Å². The van der Waals surface area contributed by atoms with Crippen molar-refractivity contribution in [3.05, 3.63) is 83.8 Å². The van der Waals surface area contributed by atoms with Crippen molar-refractivity contribution in [2.24, 2.45) is 0 Å². The van der Waals surface area contributed by atoms with Crippen LogP contribution >= 0.6 is 0 Å². The van der Waals surface area contributed by atoms with E-state index < -0.39 is 15.8 Å². The molecule has 1 amide bonds. The molecule has 3 aromatic rings. The molecule has 1 fully saturated rings. The predicted molar refractivity (Wildman–Crippen MR) is 125 cm³/mol. The van der Waals surface area contributed by atoms with Crippen molar-refractivity contribution in [3.63, 3.8) is 0 Å². The summed E-state index contributed by atoms with van der Waals surface area (Å²) in [5.41, 5.74) is 1.23. The summed E-state index contributed by atoms with van der Waals surface area (Å²) in [4.78, 5) is 21.1. The average molecular weight is 480 g/mol. The highest BCUT2D eigenvalue weighted by atomic mass is 32.2. The molecular weight excluding hydrogens is 457 g/mol. The van der Waals surface area contributed by atoms with Gasteiger partial charge in [-0.15, -0.1) is 0 Å². The van der Waals surface area contributed by atoms with Crippen LogP contribution in [0.4, 0.5) is 15.9 Å². The zero-order valence-electron chi connectivity index (χ0n) is 18.2. The minimum absolute atomic E-state index is 0.0596. The van der Waals surface area contributed by atoms with Gasteiger partial charge < -0.3 is 9.80 Å². The summed E-state index contributed by atoms with van der Waals surface area (Å²) in [5, 5.41) is 9.34. The Kier molecular flexibility index (Phi) is 6.75. The second kappa shape index (κ2) is 9.89. The van der Waals surface area contributed by atoms with Crippen LogP contribution in [0.25, 0.3) is 0 Å². The van der Waals surface area contributed by atoms with E-state index in [4.69, 9.17) is 0 Å². The number of nitrogens with zero attached hydrogens (tertiary/aromatic N) is 4. The van der Waals surface area contributed by atoms with Crippen LogP contribution in [0.5, 0.6) is 0 Å². The van der Waals surface area contributed by atoms with Gasteiger partial charge >= 0.3 is 0 Å². The van der Waals surface area contributed by atoms with Gasteiger partial charge in [-0.3, -0.25) is 9.52 Å². The fraction of sp³-hybridized carbons (Fsp3) is 0.208. The molecule has 1 saturated heterocycles. The SMILES string of the molecule is N#Cc1cccnc1N1CCCN(C(=O)c2ccc(NS(=O)(=O)c3ccc(F)cc3)cc2)CC1. The van der Waals surface area contributed by atoms with Crippen LogP contribution in [-0.4, -0.2) is 50.4 Å². The Hall–Kier alpha value is -3.97. The second-order valence-corrected chi connectivity index (χ2v) is 9.44. The number of benzene rings is 2. The lowest BCUT2D eigenvalue weighted by molar-refractivity contribution is 0.0767. The number of aromatic nitrogens is 1. The minimum Gasteiger partial charge on any atom is -0.354 e. The van der Waals surface area contributed by atoms with Crippen molar-refractivity contribution < 1.29 is 17.6 Å². The van der Waals surface area contributed by atoms with E-state index in [1.807, 2.05) is 4.90 Å². The fourth-order valence-electron chi connectivity index (χ4n) is 3.76. The molecule has 0 unspecified atom stereocenters. The Bertz CT molecular complexity index is 1320. The minimum atomic E-state index is -3.87. The Balaban J connectivity index is 1.41. The largest absolute Gasteiger partial charge is 0.354 e. The fourth-order valence-corrected chi connectivity index (χ4v) is 4.82. The normalized spacial score (nSPS) is 14.2. The van der Waals surface area contributed by atoms with Gasteiger partial charge in [-0.25, -0.2) is 17.8 Å². The maximum Gasteiger partial charge on any atom is 0.261 e. The van der Waals surface area contributed by atoms with Crippen LogP contribution in [0.1, 0.15) is 22.3 Å². The topological polar surface area (TPSA) is 106 Å². The van der Waals surface area contributed by atoms with Gasteiger partial charge in [0, 0.05) is 43.6 Å². The average Bonchev–Trinajstić information content (AvgIpc) is 3.10. The standard InChI is InChI=1S/C24H22FN5O3S/c25-20-6-10-22(11-7-20)34(32,33)28-21-8-4-18(5-9-21)24(31)30-14-2-13-29(15-16-30)23-19(17-26)3-1-12-27-23/h1,3-12,28H,2,13-16H2. The number of carbonyl (C=O) groups is 1. The molecular formula is C24H22FN5O3S. The third kappa shape index (κ3) is 5.15. The molecule has 1 aliphatic heterocycles. The molecule has 174 valence electrons. The van der Waals surface area contributed by atoms with Crippen LogP contribution in [-0.2, 0) is 10.0 Å². The molecule has 34 heavy (non-hydrogen) atoms. The van der Waals surface area contributed by atoms with Gasteiger partial charge in [0.25, 0.3) is 15.9 Å². The smallest absolute Gasteiger partial charge is 0.261 e. The summed E-state index contributed by atoms with van der Waals surface area (Å²) in [6.45, 7) is 2.26. The lowest BCUT2D eigenvalue weighted by atomic mass is 10.2. The monoisotopic (exact) mass is 479 g/mol. The van der Waals surface area contributed by atoms with Crippen molar-refractivity contribution in [3.8, 4) is 6.07 Å². The Labute approximate surface area is 197 Å². The van der Waals surface area contributed by atoms with Gasteiger partial charge in [0.15, 0.2) is 0 Å².